The molecule has 0 amide bonds. The predicted octanol–water partition coefficient (Wildman–Crippen LogP) is 1.91. The van der Waals surface area contributed by atoms with E-state index in [4.69, 9.17) is 17.3 Å². The van der Waals surface area contributed by atoms with Crippen LogP contribution in [0.4, 0.5) is 5.82 Å². The number of hydrogen-bond donors (Lipinski definition) is 1. The second-order valence-electron chi connectivity index (χ2n) is 4.00. The average molecular weight is 226 g/mol. The Morgan fingerprint density at radius 3 is 3.20 bits per heavy atom. The Labute approximate surface area is 95.2 Å². The van der Waals surface area contributed by atoms with Crippen LogP contribution in [0.25, 0.3) is 0 Å². The SMILES string of the molecule is NCC1CCCN(c2ncccc2Cl)C1. The highest BCUT2D eigenvalue weighted by Gasteiger charge is 2.20. The first-order chi connectivity index (χ1) is 7.31. The van der Waals surface area contributed by atoms with E-state index in [1.807, 2.05) is 12.1 Å². The van der Waals surface area contributed by atoms with Crippen molar-refractivity contribution in [1.29, 1.82) is 0 Å². The summed E-state index contributed by atoms with van der Waals surface area (Å²) in [6.07, 6.45) is 4.18. The first-order valence-electron chi connectivity index (χ1n) is 5.37. The minimum Gasteiger partial charge on any atom is -0.355 e. The van der Waals surface area contributed by atoms with Gasteiger partial charge in [-0.25, -0.2) is 4.98 Å². The molecule has 0 spiro atoms. The Bertz CT molecular complexity index is 329. The van der Waals surface area contributed by atoms with Gasteiger partial charge < -0.3 is 10.6 Å². The van der Waals surface area contributed by atoms with Crippen molar-refractivity contribution in [2.24, 2.45) is 11.7 Å². The number of anilines is 1. The number of nitrogens with two attached hydrogens (primary N) is 1. The molecule has 3 nitrogen and oxygen atoms in total. The zero-order chi connectivity index (χ0) is 10.7. The molecule has 2 rings (SSSR count). The second kappa shape index (κ2) is 4.81. The molecule has 15 heavy (non-hydrogen) atoms. The third-order valence-corrected chi connectivity index (χ3v) is 3.19. The highest BCUT2D eigenvalue weighted by atomic mass is 35.5. The van der Waals surface area contributed by atoms with Crippen LogP contribution in [-0.4, -0.2) is 24.6 Å². The largest absolute Gasteiger partial charge is 0.355 e. The lowest BCUT2D eigenvalue weighted by atomic mass is 9.98. The Balaban J connectivity index is 2.13. The predicted molar refractivity (Wildman–Crippen MR) is 63.2 cm³/mol. The maximum Gasteiger partial charge on any atom is 0.147 e. The number of hydrogen-bond acceptors (Lipinski definition) is 3. The van der Waals surface area contributed by atoms with E-state index < -0.39 is 0 Å². The smallest absolute Gasteiger partial charge is 0.147 e. The van der Waals surface area contributed by atoms with E-state index in [9.17, 15) is 0 Å². The van der Waals surface area contributed by atoms with Crippen molar-refractivity contribution in [3.63, 3.8) is 0 Å². The van der Waals surface area contributed by atoms with Crippen molar-refractivity contribution in [2.45, 2.75) is 12.8 Å². The Kier molecular flexibility index (Phi) is 3.44. The van der Waals surface area contributed by atoms with Gasteiger partial charge in [0.2, 0.25) is 0 Å². The van der Waals surface area contributed by atoms with Gasteiger partial charge in [-0.15, -0.1) is 0 Å². The summed E-state index contributed by atoms with van der Waals surface area (Å²) in [5, 5.41) is 0.732. The molecule has 1 saturated heterocycles. The monoisotopic (exact) mass is 225 g/mol. The number of rotatable bonds is 2. The van der Waals surface area contributed by atoms with Crippen molar-refractivity contribution in [3.8, 4) is 0 Å². The van der Waals surface area contributed by atoms with Gasteiger partial charge in [0.05, 0.1) is 5.02 Å². The fourth-order valence-electron chi connectivity index (χ4n) is 2.06. The first-order valence-corrected chi connectivity index (χ1v) is 5.74. The summed E-state index contributed by atoms with van der Waals surface area (Å²) < 4.78 is 0. The molecule has 0 bridgehead atoms. The van der Waals surface area contributed by atoms with Crippen LogP contribution in [-0.2, 0) is 0 Å². The Morgan fingerprint density at radius 2 is 2.47 bits per heavy atom. The van der Waals surface area contributed by atoms with Crippen molar-refractivity contribution in [2.75, 3.05) is 24.5 Å². The number of halogens is 1. The van der Waals surface area contributed by atoms with E-state index in [2.05, 4.69) is 9.88 Å². The molecule has 1 aromatic heterocycles. The van der Waals surface area contributed by atoms with Crippen LogP contribution in [0.15, 0.2) is 18.3 Å². The minimum absolute atomic E-state index is 0.580. The molecule has 1 aromatic rings. The van der Waals surface area contributed by atoms with Gasteiger partial charge in [-0.2, -0.15) is 0 Å². The number of aromatic nitrogens is 1. The van der Waals surface area contributed by atoms with E-state index in [0.29, 0.717) is 5.92 Å². The quantitative estimate of drug-likeness (QED) is 0.836. The number of pyridine rings is 1. The second-order valence-corrected chi connectivity index (χ2v) is 4.41. The molecular formula is C11H16ClN3. The number of piperidine rings is 1. The fourth-order valence-corrected chi connectivity index (χ4v) is 2.30. The van der Waals surface area contributed by atoms with Crippen LogP contribution < -0.4 is 10.6 Å². The van der Waals surface area contributed by atoms with Crippen LogP contribution in [0.1, 0.15) is 12.8 Å². The molecule has 82 valence electrons. The molecule has 1 unspecified atom stereocenters. The molecule has 0 aliphatic carbocycles. The van der Waals surface area contributed by atoms with E-state index in [1.54, 1.807) is 6.20 Å². The molecule has 0 radical (unpaired) electrons. The summed E-state index contributed by atoms with van der Waals surface area (Å²) in [5.74, 6) is 1.48. The zero-order valence-corrected chi connectivity index (χ0v) is 9.45. The Hall–Kier alpha value is -0.800. The van der Waals surface area contributed by atoms with Crippen LogP contribution in [0, 0.1) is 5.92 Å². The molecule has 1 aliphatic heterocycles. The van der Waals surface area contributed by atoms with Crippen LogP contribution in [0.5, 0.6) is 0 Å². The highest BCUT2D eigenvalue weighted by Crippen LogP contribution is 2.26. The zero-order valence-electron chi connectivity index (χ0n) is 8.69. The van der Waals surface area contributed by atoms with Gasteiger partial charge in [0.1, 0.15) is 5.82 Å². The fraction of sp³-hybridized carbons (Fsp3) is 0.545. The molecule has 1 atom stereocenters. The van der Waals surface area contributed by atoms with Gasteiger partial charge >= 0.3 is 0 Å². The third-order valence-electron chi connectivity index (χ3n) is 2.89. The summed E-state index contributed by atoms with van der Waals surface area (Å²) in [7, 11) is 0. The summed E-state index contributed by atoms with van der Waals surface area (Å²) in [6.45, 7) is 2.77. The average Bonchev–Trinajstić information content (AvgIpc) is 2.30. The van der Waals surface area contributed by atoms with E-state index in [1.165, 1.54) is 12.8 Å². The summed E-state index contributed by atoms with van der Waals surface area (Å²) >= 11 is 6.11. The van der Waals surface area contributed by atoms with E-state index in [-0.39, 0.29) is 0 Å². The Morgan fingerprint density at radius 1 is 1.60 bits per heavy atom. The van der Waals surface area contributed by atoms with Gasteiger partial charge in [0.25, 0.3) is 0 Å². The number of nitrogens with zero attached hydrogens (tertiary/aromatic N) is 2. The van der Waals surface area contributed by atoms with Crippen LogP contribution in [0.3, 0.4) is 0 Å². The van der Waals surface area contributed by atoms with Crippen molar-refractivity contribution in [1.82, 2.24) is 4.98 Å². The molecule has 2 heterocycles. The van der Waals surface area contributed by atoms with Crippen molar-refractivity contribution in [3.05, 3.63) is 23.4 Å². The van der Waals surface area contributed by atoms with Crippen molar-refractivity contribution >= 4 is 17.4 Å². The van der Waals surface area contributed by atoms with Gasteiger partial charge in [-0.05, 0) is 37.4 Å². The van der Waals surface area contributed by atoms with Crippen LogP contribution in [0.2, 0.25) is 5.02 Å². The molecule has 2 N–H and O–H groups in total. The van der Waals surface area contributed by atoms with Gasteiger partial charge in [0.15, 0.2) is 0 Å². The maximum atomic E-state index is 6.11. The molecular weight excluding hydrogens is 210 g/mol. The topological polar surface area (TPSA) is 42.1 Å². The summed E-state index contributed by atoms with van der Waals surface area (Å²) in [5.41, 5.74) is 5.70. The standard InChI is InChI=1S/C11H16ClN3/c12-10-4-1-5-14-11(10)15-6-2-3-9(7-13)8-15/h1,4-5,9H,2-3,6-8,13H2. The third kappa shape index (κ3) is 2.41. The summed E-state index contributed by atoms with van der Waals surface area (Å²) in [4.78, 5) is 6.56. The van der Waals surface area contributed by atoms with Crippen LogP contribution >= 0.6 is 11.6 Å². The minimum atomic E-state index is 0.580. The lowest BCUT2D eigenvalue weighted by molar-refractivity contribution is 0.422. The summed E-state index contributed by atoms with van der Waals surface area (Å²) in [6, 6.07) is 3.74. The van der Waals surface area contributed by atoms with E-state index in [0.717, 1.165) is 30.5 Å². The lowest BCUT2D eigenvalue weighted by Crippen LogP contribution is -2.38. The van der Waals surface area contributed by atoms with E-state index >= 15 is 0 Å². The van der Waals surface area contributed by atoms with Gasteiger partial charge in [-0.3, -0.25) is 0 Å². The highest BCUT2D eigenvalue weighted by molar-refractivity contribution is 6.32. The van der Waals surface area contributed by atoms with Gasteiger partial charge in [-0.1, -0.05) is 11.6 Å². The van der Waals surface area contributed by atoms with Crippen molar-refractivity contribution < 1.29 is 0 Å². The maximum absolute atomic E-state index is 6.11. The molecule has 1 aliphatic rings. The molecule has 0 saturated carbocycles. The molecule has 4 heteroatoms. The first kappa shape index (κ1) is 10.7. The molecule has 0 aromatic carbocycles. The normalized spacial score (nSPS) is 21.7. The van der Waals surface area contributed by atoms with Gasteiger partial charge in [0, 0.05) is 19.3 Å². The lowest BCUT2D eigenvalue weighted by Gasteiger charge is -2.33. The molecule has 1 fully saturated rings.